The van der Waals surface area contributed by atoms with Crippen LogP contribution < -0.4 is 4.72 Å². The Bertz CT molecular complexity index is 258. The lowest BCUT2D eigenvalue weighted by Gasteiger charge is -2.06. The maximum absolute atomic E-state index is 3.23. The van der Waals surface area contributed by atoms with Gasteiger partial charge in [0, 0.05) is 11.9 Å². The molecule has 1 nitrogen and oxygen atoms in total. The van der Waals surface area contributed by atoms with E-state index in [0.717, 1.165) is 6.42 Å². The summed E-state index contributed by atoms with van der Waals surface area (Å²) in [4.78, 5) is 0. The summed E-state index contributed by atoms with van der Waals surface area (Å²) in [5.74, 6) is 0. The number of benzene rings is 1. The number of hydrogen-bond acceptors (Lipinski definition) is 2. The molecule has 0 aliphatic heterocycles. The third kappa shape index (κ3) is 2.18. The maximum atomic E-state index is 3.23. The van der Waals surface area contributed by atoms with Crippen molar-refractivity contribution in [2.45, 2.75) is 20.3 Å². The first-order valence-corrected chi connectivity index (χ1v) is 5.39. The molecule has 0 fully saturated rings. The van der Waals surface area contributed by atoms with Crippen LogP contribution in [0.25, 0.3) is 0 Å². The lowest BCUT2D eigenvalue weighted by atomic mass is 10.1. The van der Waals surface area contributed by atoms with E-state index in [2.05, 4.69) is 36.8 Å². The van der Waals surface area contributed by atoms with Crippen molar-refractivity contribution in [2.75, 3.05) is 11.0 Å². The topological polar surface area (TPSA) is 12.0 Å². The van der Waals surface area contributed by atoms with Crippen molar-refractivity contribution in [3.63, 3.8) is 0 Å². The molecule has 0 saturated heterocycles. The van der Waals surface area contributed by atoms with Crippen LogP contribution in [-0.4, -0.2) is 6.26 Å². The van der Waals surface area contributed by atoms with E-state index in [1.165, 1.54) is 16.8 Å². The van der Waals surface area contributed by atoms with E-state index < -0.39 is 0 Å². The molecular formula is C10H15NS. The normalized spacial score (nSPS) is 9.92. The number of aryl methyl sites for hydroxylation is 2. The van der Waals surface area contributed by atoms with Crippen molar-refractivity contribution < 1.29 is 0 Å². The zero-order valence-corrected chi connectivity index (χ0v) is 8.66. The van der Waals surface area contributed by atoms with Gasteiger partial charge in [0.25, 0.3) is 0 Å². The van der Waals surface area contributed by atoms with E-state index in [4.69, 9.17) is 0 Å². The van der Waals surface area contributed by atoms with Gasteiger partial charge in [-0.2, -0.15) is 0 Å². The summed E-state index contributed by atoms with van der Waals surface area (Å²) in [7, 11) is 0. The Kier molecular flexibility index (Phi) is 3.48. The highest BCUT2D eigenvalue weighted by molar-refractivity contribution is 7.99. The second kappa shape index (κ2) is 4.41. The summed E-state index contributed by atoms with van der Waals surface area (Å²) in [6, 6.07) is 6.49. The van der Waals surface area contributed by atoms with Crippen LogP contribution in [0.3, 0.4) is 0 Å². The van der Waals surface area contributed by atoms with Gasteiger partial charge in [0.05, 0.1) is 0 Å². The average Bonchev–Trinajstić information content (AvgIpc) is 2.09. The first-order valence-electron chi connectivity index (χ1n) is 4.16. The van der Waals surface area contributed by atoms with E-state index in [9.17, 15) is 0 Å². The Morgan fingerprint density at radius 2 is 2.17 bits per heavy atom. The van der Waals surface area contributed by atoms with Crippen LogP contribution in [0.4, 0.5) is 5.69 Å². The number of anilines is 1. The van der Waals surface area contributed by atoms with Gasteiger partial charge in [-0.05, 0) is 36.6 Å². The monoisotopic (exact) mass is 181 g/mol. The van der Waals surface area contributed by atoms with Crippen molar-refractivity contribution in [1.82, 2.24) is 0 Å². The molecule has 0 unspecified atom stereocenters. The summed E-state index contributed by atoms with van der Waals surface area (Å²) in [6.07, 6.45) is 3.14. The Morgan fingerprint density at radius 1 is 1.42 bits per heavy atom. The highest BCUT2D eigenvalue weighted by Crippen LogP contribution is 2.17. The SMILES string of the molecule is CCc1cc(NSC)ccc1C. The van der Waals surface area contributed by atoms with Gasteiger partial charge in [0.15, 0.2) is 0 Å². The fourth-order valence-corrected chi connectivity index (χ4v) is 1.60. The summed E-state index contributed by atoms with van der Waals surface area (Å²) >= 11 is 1.63. The van der Waals surface area contributed by atoms with Gasteiger partial charge in [-0.15, -0.1) is 0 Å². The molecule has 1 N–H and O–H groups in total. The molecule has 0 aliphatic rings. The van der Waals surface area contributed by atoms with Gasteiger partial charge in [-0.25, -0.2) is 0 Å². The maximum Gasteiger partial charge on any atom is 0.0442 e. The first kappa shape index (κ1) is 9.46. The molecule has 0 spiro atoms. The molecule has 66 valence electrons. The van der Waals surface area contributed by atoms with E-state index in [-0.39, 0.29) is 0 Å². The molecule has 0 aliphatic carbocycles. The van der Waals surface area contributed by atoms with Gasteiger partial charge in [-0.1, -0.05) is 24.9 Å². The van der Waals surface area contributed by atoms with Crippen molar-refractivity contribution in [3.05, 3.63) is 29.3 Å². The van der Waals surface area contributed by atoms with Gasteiger partial charge in [0.1, 0.15) is 0 Å². The lowest BCUT2D eigenvalue weighted by Crippen LogP contribution is -1.90. The Labute approximate surface area is 78.7 Å². The van der Waals surface area contributed by atoms with Gasteiger partial charge >= 0.3 is 0 Å². The van der Waals surface area contributed by atoms with Crippen LogP contribution in [0, 0.1) is 6.92 Å². The third-order valence-corrected chi connectivity index (χ3v) is 2.39. The van der Waals surface area contributed by atoms with Crippen LogP contribution in [0.15, 0.2) is 18.2 Å². The average molecular weight is 181 g/mol. The molecule has 1 aromatic carbocycles. The van der Waals surface area contributed by atoms with Crippen LogP contribution in [0.5, 0.6) is 0 Å². The zero-order valence-electron chi connectivity index (χ0n) is 7.85. The summed E-state index contributed by atoms with van der Waals surface area (Å²) in [6.45, 7) is 4.34. The largest absolute Gasteiger partial charge is 0.330 e. The molecule has 0 atom stereocenters. The second-order valence-corrected chi connectivity index (χ2v) is 3.41. The van der Waals surface area contributed by atoms with Crippen molar-refractivity contribution >= 4 is 17.6 Å². The first-order chi connectivity index (χ1) is 5.77. The van der Waals surface area contributed by atoms with Crippen LogP contribution in [-0.2, 0) is 6.42 Å². The summed E-state index contributed by atoms with van der Waals surface area (Å²) in [5, 5.41) is 0. The van der Waals surface area contributed by atoms with Crippen LogP contribution in [0.2, 0.25) is 0 Å². The molecule has 12 heavy (non-hydrogen) atoms. The third-order valence-electron chi connectivity index (χ3n) is 1.95. The summed E-state index contributed by atoms with van der Waals surface area (Å²) in [5.41, 5.74) is 4.00. The molecular weight excluding hydrogens is 166 g/mol. The van der Waals surface area contributed by atoms with E-state index in [0.29, 0.717) is 0 Å². The fraction of sp³-hybridized carbons (Fsp3) is 0.400. The Balaban J connectivity index is 2.89. The minimum atomic E-state index is 1.11. The predicted octanol–water partition coefficient (Wildman–Crippen LogP) is 3.25. The van der Waals surface area contributed by atoms with E-state index >= 15 is 0 Å². The minimum Gasteiger partial charge on any atom is -0.330 e. The lowest BCUT2D eigenvalue weighted by molar-refractivity contribution is 1.11. The minimum absolute atomic E-state index is 1.11. The molecule has 0 saturated carbocycles. The molecule has 1 aromatic rings. The molecule has 0 heterocycles. The molecule has 1 rings (SSSR count). The molecule has 0 radical (unpaired) electrons. The summed E-state index contributed by atoms with van der Waals surface area (Å²) < 4.78 is 3.23. The standard InChI is InChI=1S/C10H15NS/c1-4-9-7-10(11-12-3)6-5-8(9)2/h5-7,11H,4H2,1-3H3. The smallest absolute Gasteiger partial charge is 0.0442 e. The van der Waals surface area contributed by atoms with Crippen molar-refractivity contribution in [2.24, 2.45) is 0 Å². The molecule has 0 aromatic heterocycles. The zero-order chi connectivity index (χ0) is 8.97. The van der Waals surface area contributed by atoms with E-state index in [1.807, 2.05) is 6.26 Å². The highest BCUT2D eigenvalue weighted by Gasteiger charge is 1.96. The quantitative estimate of drug-likeness (QED) is 0.718. The molecule has 0 amide bonds. The molecule has 2 heteroatoms. The van der Waals surface area contributed by atoms with E-state index in [1.54, 1.807) is 11.9 Å². The molecule has 0 bridgehead atoms. The number of rotatable bonds is 3. The Hall–Kier alpha value is -0.630. The van der Waals surface area contributed by atoms with Gasteiger partial charge in [0.2, 0.25) is 0 Å². The number of nitrogens with one attached hydrogen (secondary N) is 1. The number of hydrogen-bond donors (Lipinski definition) is 1. The highest BCUT2D eigenvalue weighted by atomic mass is 32.2. The van der Waals surface area contributed by atoms with Crippen molar-refractivity contribution in [1.29, 1.82) is 0 Å². The van der Waals surface area contributed by atoms with Gasteiger partial charge < -0.3 is 4.72 Å². The predicted molar refractivity (Wildman–Crippen MR) is 57.7 cm³/mol. The van der Waals surface area contributed by atoms with Crippen LogP contribution >= 0.6 is 11.9 Å². The van der Waals surface area contributed by atoms with Crippen molar-refractivity contribution in [3.8, 4) is 0 Å². The van der Waals surface area contributed by atoms with Crippen LogP contribution in [0.1, 0.15) is 18.1 Å². The Morgan fingerprint density at radius 3 is 2.75 bits per heavy atom. The van der Waals surface area contributed by atoms with Gasteiger partial charge in [-0.3, -0.25) is 0 Å². The second-order valence-electron chi connectivity index (χ2n) is 2.80. The fourth-order valence-electron chi connectivity index (χ4n) is 1.23.